The number of hydrogen-bond donors (Lipinski definition) is 3. The lowest BCUT2D eigenvalue weighted by molar-refractivity contribution is -0.161. The van der Waals surface area contributed by atoms with Gasteiger partial charge in [-0.2, -0.15) is 0 Å². The van der Waals surface area contributed by atoms with Crippen LogP contribution in [0.5, 0.6) is 0 Å². The van der Waals surface area contributed by atoms with Crippen LogP contribution in [0, 0.1) is 23.7 Å². The molecule has 93 heavy (non-hydrogen) atoms. The van der Waals surface area contributed by atoms with Crippen molar-refractivity contribution < 1.29 is 80.2 Å². The second-order valence-electron chi connectivity index (χ2n) is 28.4. The van der Waals surface area contributed by atoms with Crippen LogP contribution in [0.1, 0.15) is 370 Å². The second kappa shape index (κ2) is 63.5. The average molecular weight is 1370 g/mol. The number of ether oxygens (including phenoxy) is 4. The minimum Gasteiger partial charge on any atom is -0.462 e. The van der Waals surface area contributed by atoms with Gasteiger partial charge in [0.15, 0.2) is 12.2 Å². The highest BCUT2D eigenvalue weighted by Gasteiger charge is 2.30. The van der Waals surface area contributed by atoms with Gasteiger partial charge in [-0.3, -0.25) is 37.3 Å². The number of hydrogen-bond acceptors (Lipinski definition) is 15. The maximum absolute atomic E-state index is 13.0. The Labute approximate surface area is 568 Å². The van der Waals surface area contributed by atoms with E-state index in [9.17, 15) is 43.2 Å². The molecule has 0 fully saturated rings. The summed E-state index contributed by atoms with van der Waals surface area (Å²) in [5.74, 6) is 0.900. The Bertz CT molecular complexity index is 1840. The van der Waals surface area contributed by atoms with Crippen LogP contribution >= 0.6 is 15.6 Å². The first-order valence-corrected chi connectivity index (χ1v) is 41.2. The Morgan fingerprint density at radius 2 is 0.516 bits per heavy atom. The monoisotopic (exact) mass is 1370 g/mol. The smallest absolute Gasteiger partial charge is 0.462 e. The number of esters is 4. The van der Waals surface area contributed by atoms with Crippen LogP contribution in [-0.4, -0.2) is 96.7 Å². The highest BCUT2D eigenvalue weighted by atomic mass is 31.2. The van der Waals surface area contributed by atoms with Crippen molar-refractivity contribution >= 4 is 39.5 Å². The predicted molar refractivity (Wildman–Crippen MR) is 377 cm³/mol. The molecule has 17 nitrogen and oxygen atoms in total. The van der Waals surface area contributed by atoms with E-state index in [0.717, 1.165) is 120 Å². The molecular weight excluding hydrogens is 1220 g/mol. The number of carbonyl (C=O) groups is 4. The summed E-state index contributed by atoms with van der Waals surface area (Å²) in [4.78, 5) is 72.7. The van der Waals surface area contributed by atoms with Gasteiger partial charge in [-0.05, 0) is 49.4 Å². The molecule has 0 saturated carbocycles. The number of rotatable bonds is 71. The van der Waals surface area contributed by atoms with Crippen molar-refractivity contribution in [3.63, 3.8) is 0 Å². The van der Waals surface area contributed by atoms with Gasteiger partial charge < -0.3 is 33.8 Å². The van der Waals surface area contributed by atoms with E-state index >= 15 is 0 Å². The maximum atomic E-state index is 13.0. The molecule has 552 valence electrons. The van der Waals surface area contributed by atoms with Crippen molar-refractivity contribution in [2.75, 3.05) is 39.6 Å². The minimum atomic E-state index is -4.95. The molecule has 0 aliphatic rings. The van der Waals surface area contributed by atoms with Gasteiger partial charge in [-0.1, -0.05) is 319 Å². The lowest BCUT2D eigenvalue weighted by Crippen LogP contribution is -2.30. The van der Waals surface area contributed by atoms with Crippen LogP contribution in [0.3, 0.4) is 0 Å². The van der Waals surface area contributed by atoms with Crippen LogP contribution in [0.2, 0.25) is 0 Å². The van der Waals surface area contributed by atoms with E-state index in [-0.39, 0.29) is 25.7 Å². The molecule has 0 aliphatic heterocycles. The third-order valence-electron chi connectivity index (χ3n) is 17.4. The van der Waals surface area contributed by atoms with Gasteiger partial charge in [0.1, 0.15) is 19.3 Å². The standard InChI is InChI=1S/C74H144O17P2/c1-9-67(8)53-45-37-32-33-39-47-55-72(77)85-61-70(90-73(78)56-48-40-30-23-19-13-11-10-12-16-20-26-34-42-50-64(2)3)63-89-93(82,83)87-59-68(75)58-86-92(80,81)88-62-69(91-74(79)57-49-41-31-25-24-28-36-44-52-66(6)7)60-84-71(76)54-46-38-29-22-18-15-14-17-21-27-35-43-51-65(4)5/h64-70,75H,9-63H2,1-8H3,(H,80,81)(H,82,83)/t67?,68-,69-,70-/m1/s1. The number of phosphoric ester groups is 2. The summed E-state index contributed by atoms with van der Waals surface area (Å²) in [6.07, 6.45) is 47.2. The number of carbonyl (C=O) groups excluding carboxylic acids is 4. The fourth-order valence-corrected chi connectivity index (χ4v) is 12.7. The van der Waals surface area contributed by atoms with Crippen LogP contribution in [0.15, 0.2) is 0 Å². The molecular formula is C74H144O17P2. The summed E-state index contributed by atoms with van der Waals surface area (Å²) in [5.41, 5.74) is 0. The SMILES string of the molecule is CCC(C)CCCCCCCCC(=O)OC[C@H](COP(=O)(O)OC[C@H](O)COP(=O)(O)OC[C@@H](COC(=O)CCCCCCCCCCCCCCC(C)C)OC(=O)CCCCCCCCCCC(C)C)OC(=O)CCCCCCCCCCCCCCCCC(C)C. The van der Waals surface area contributed by atoms with Gasteiger partial charge in [-0.15, -0.1) is 0 Å². The van der Waals surface area contributed by atoms with Crippen molar-refractivity contribution in [3.05, 3.63) is 0 Å². The molecule has 3 N–H and O–H groups in total. The summed E-state index contributed by atoms with van der Waals surface area (Å²) in [6.45, 7) is 14.1. The van der Waals surface area contributed by atoms with Gasteiger partial charge in [0, 0.05) is 25.7 Å². The van der Waals surface area contributed by atoms with Crippen LogP contribution in [0.25, 0.3) is 0 Å². The van der Waals surface area contributed by atoms with E-state index in [4.69, 9.17) is 37.0 Å². The molecule has 3 unspecified atom stereocenters. The number of unbranched alkanes of at least 4 members (excludes halogenated alkanes) is 36. The summed E-state index contributed by atoms with van der Waals surface area (Å²) >= 11 is 0. The largest absolute Gasteiger partial charge is 0.472 e. The zero-order valence-corrected chi connectivity index (χ0v) is 62.7. The van der Waals surface area contributed by atoms with E-state index in [0.29, 0.717) is 25.7 Å². The topological polar surface area (TPSA) is 237 Å². The van der Waals surface area contributed by atoms with E-state index in [1.165, 1.54) is 167 Å². The normalized spacial score (nSPS) is 14.5. The third kappa shape index (κ3) is 67.0. The minimum absolute atomic E-state index is 0.104. The van der Waals surface area contributed by atoms with Gasteiger partial charge in [0.05, 0.1) is 26.4 Å². The molecule has 0 rings (SSSR count). The molecule has 0 amide bonds. The van der Waals surface area contributed by atoms with E-state index in [1.54, 1.807) is 0 Å². The van der Waals surface area contributed by atoms with Crippen molar-refractivity contribution in [3.8, 4) is 0 Å². The molecule has 0 aromatic heterocycles. The molecule has 0 radical (unpaired) electrons. The zero-order chi connectivity index (χ0) is 68.9. The molecule has 6 atom stereocenters. The zero-order valence-electron chi connectivity index (χ0n) is 60.9. The highest BCUT2D eigenvalue weighted by Crippen LogP contribution is 2.45. The first-order valence-electron chi connectivity index (χ1n) is 38.2. The molecule has 0 aliphatic carbocycles. The summed E-state index contributed by atoms with van der Waals surface area (Å²) in [5, 5.41) is 10.6. The number of aliphatic hydroxyl groups excluding tert-OH is 1. The Balaban J connectivity index is 5.23. The molecule has 0 heterocycles. The summed E-state index contributed by atoms with van der Waals surface area (Å²) < 4.78 is 68.4. The molecule has 19 heteroatoms. The quantitative estimate of drug-likeness (QED) is 0.0222. The maximum Gasteiger partial charge on any atom is 0.472 e. The molecule has 0 spiro atoms. The van der Waals surface area contributed by atoms with Gasteiger partial charge in [0.2, 0.25) is 0 Å². The van der Waals surface area contributed by atoms with Crippen LogP contribution in [-0.2, 0) is 65.4 Å². The summed E-state index contributed by atoms with van der Waals surface area (Å²) in [7, 11) is -9.91. The van der Waals surface area contributed by atoms with E-state index in [2.05, 4.69) is 55.4 Å². The van der Waals surface area contributed by atoms with Crippen molar-refractivity contribution in [2.24, 2.45) is 23.7 Å². The van der Waals surface area contributed by atoms with E-state index in [1.807, 2.05) is 0 Å². The molecule has 0 aromatic rings. The number of aliphatic hydroxyl groups is 1. The fourth-order valence-electron chi connectivity index (χ4n) is 11.2. The number of phosphoric acid groups is 2. The summed E-state index contributed by atoms with van der Waals surface area (Å²) in [6, 6.07) is 0. The lowest BCUT2D eigenvalue weighted by atomic mass is 10.00. The third-order valence-corrected chi connectivity index (χ3v) is 19.3. The first-order chi connectivity index (χ1) is 44.6. The van der Waals surface area contributed by atoms with Gasteiger partial charge in [-0.25, -0.2) is 9.13 Å². The highest BCUT2D eigenvalue weighted by molar-refractivity contribution is 7.47. The van der Waals surface area contributed by atoms with Crippen LogP contribution in [0.4, 0.5) is 0 Å². The van der Waals surface area contributed by atoms with Gasteiger partial charge >= 0.3 is 39.5 Å². The lowest BCUT2D eigenvalue weighted by Gasteiger charge is -2.21. The second-order valence-corrected chi connectivity index (χ2v) is 31.3. The van der Waals surface area contributed by atoms with Gasteiger partial charge in [0.25, 0.3) is 0 Å². The molecule has 0 saturated heterocycles. The molecule has 0 aromatic carbocycles. The van der Waals surface area contributed by atoms with Crippen molar-refractivity contribution in [1.29, 1.82) is 0 Å². The fraction of sp³-hybridized carbons (Fsp3) is 0.946. The Kier molecular flexibility index (Phi) is 62.2. The van der Waals surface area contributed by atoms with Crippen molar-refractivity contribution in [2.45, 2.75) is 388 Å². The average Bonchev–Trinajstić information content (AvgIpc) is 2.08. The van der Waals surface area contributed by atoms with Crippen LogP contribution < -0.4 is 0 Å². The Hall–Kier alpha value is -1.94. The van der Waals surface area contributed by atoms with Crippen molar-refractivity contribution in [1.82, 2.24) is 0 Å². The van der Waals surface area contributed by atoms with E-state index < -0.39 is 97.5 Å². The predicted octanol–water partition coefficient (Wildman–Crippen LogP) is 21.3. The first kappa shape index (κ1) is 91.1. The Morgan fingerprint density at radius 1 is 0.301 bits per heavy atom. The Morgan fingerprint density at radius 3 is 0.763 bits per heavy atom. The molecule has 0 bridgehead atoms.